The molecule has 0 bridgehead atoms. The zero-order chi connectivity index (χ0) is 19.5. The number of nitrogens with zero attached hydrogens (tertiary/aromatic N) is 3. The van der Waals surface area contributed by atoms with Crippen LogP contribution in [0.2, 0.25) is 5.02 Å². The van der Waals surface area contributed by atoms with Crippen LogP contribution >= 0.6 is 23.4 Å². The fourth-order valence-corrected chi connectivity index (χ4v) is 3.52. The first-order chi connectivity index (χ1) is 13.6. The Kier molecular flexibility index (Phi) is 5.14. The molecule has 9 heteroatoms. The molecule has 0 unspecified atom stereocenters. The van der Waals surface area contributed by atoms with E-state index in [1.807, 2.05) is 12.1 Å². The van der Waals surface area contributed by atoms with Gasteiger partial charge >= 0.3 is 5.63 Å². The summed E-state index contributed by atoms with van der Waals surface area (Å²) in [4.78, 5) is 23.5. The molecular weight excluding hydrogens is 400 g/mol. The normalized spacial score (nSPS) is 10.9. The Hall–Kier alpha value is -3.10. The van der Waals surface area contributed by atoms with E-state index in [1.165, 1.54) is 17.8 Å². The van der Waals surface area contributed by atoms with Gasteiger partial charge in [-0.05, 0) is 42.5 Å². The fraction of sp³-hybridized carbons (Fsp3) is 0.0526. The summed E-state index contributed by atoms with van der Waals surface area (Å²) >= 11 is 7.29. The Morgan fingerprint density at radius 3 is 2.93 bits per heavy atom. The number of aromatic nitrogens is 3. The minimum absolute atomic E-state index is 0.154. The van der Waals surface area contributed by atoms with E-state index in [9.17, 15) is 9.59 Å². The van der Waals surface area contributed by atoms with Crippen molar-refractivity contribution in [2.75, 3.05) is 11.1 Å². The van der Waals surface area contributed by atoms with Crippen molar-refractivity contribution in [2.24, 2.45) is 0 Å². The maximum atomic E-state index is 12.3. The van der Waals surface area contributed by atoms with Crippen LogP contribution in [0.3, 0.4) is 0 Å². The number of hydrogen-bond acceptors (Lipinski definition) is 6. The molecule has 2 aromatic heterocycles. The Morgan fingerprint density at radius 1 is 1.18 bits per heavy atom. The van der Waals surface area contributed by atoms with E-state index in [-0.39, 0.29) is 11.7 Å². The van der Waals surface area contributed by atoms with E-state index in [2.05, 4.69) is 15.5 Å². The summed E-state index contributed by atoms with van der Waals surface area (Å²) in [6.07, 6.45) is 1.57. The summed E-state index contributed by atoms with van der Waals surface area (Å²) in [7, 11) is 0. The van der Waals surface area contributed by atoms with Crippen LogP contribution in [0.15, 0.2) is 75.3 Å². The van der Waals surface area contributed by atoms with E-state index in [1.54, 1.807) is 47.3 Å². The molecule has 2 aromatic carbocycles. The monoisotopic (exact) mass is 412 g/mol. The lowest BCUT2D eigenvalue weighted by molar-refractivity contribution is -0.113. The van der Waals surface area contributed by atoms with Crippen LogP contribution in [0.5, 0.6) is 0 Å². The highest BCUT2D eigenvalue weighted by molar-refractivity contribution is 7.99. The summed E-state index contributed by atoms with van der Waals surface area (Å²) < 4.78 is 6.85. The smallest absolute Gasteiger partial charge is 0.336 e. The van der Waals surface area contributed by atoms with Crippen molar-refractivity contribution in [2.45, 2.75) is 5.16 Å². The maximum absolute atomic E-state index is 12.3. The molecule has 2 heterocycles. The van der Waals surface area contributed by atoms with Gasteiger partial charge in [-0.15, -0.1) is 10.2 Å². The molecule has 0 radical (unpaired) electrons. The van der Waals surface area contributed by atoms with Crippen molar-refractivity contribution in [1.82, 2.24) is 14.8 Å². The fourth-order valence-electron chi connectivity index (χ4n) is 2.60. The minimum atomic E-state index is -0.412. The molecule has 0 spiro atoms. The molecule has 4 aromatic rings. The van der Waals surface area contributed by atoms with Crippen molar-refractivity contribution >= 4 is 45.9 Å². The average Bonchev–Trinajstić information content (AvgIpc) is 3.15. The Morgan fingerprint density at radius 2 is 2.07 bits per heavy atom. The average molecular weight is 413 g/mol. The zero-order valence-corrected chi connectivity index (χ0v) is 15.9. The number of carbonyl (C=O) groups excluding carboxylic acids is 1. The quantitative estimate of drug-likeness (QED) is 0.396. The number of rotatable bonds is 5. The first-order valence-corrected chi connectivity index (χ1v) is 9.57. The van der Waals surface area contributed by atoms with E-state index in [0.717, 1.165) is 11.1 Å². The van der Waals surface area contributed by atoms with Gasteiger partial charge in [0.15, 0.2) is 5.16 Å². The van der Waals surface area contributed by atoms with Gasteiger partial charge in [0.2, 0.25) is 5.91 Å². The van der Waals surface area contributed by atoms with E-state index in [0.29, 0.717) is 21.4 Å². The van der Waals surface area contributed by atoms with E-state index < -0.39 is 5.63 Å². The second kappa shape index (κ2) is 7.87. The largest absolute Gasteiger partial charge is 0.423 e. The van der Waals surface area contributed by atoms with Crippen LogP contribution < -0.4 is 10.9 Å². The molecule has 1 amide bonds. The van der Waals surface area contributed by atoms with Crippen LogP contribution in [0.1, 0.15) is 0 Å². The molecule has 0 aliphatic carbocycles. The highest BCUT2D eigenvalue weighted by atomic mass is 35.5. The lowest BCUT2D eigenvalue weighted by Crippen LogP contribution is -2.14. The second-order valence-corrected chi connectivity index (χ2v) is 7.19. The summed E-state index contributed by atoms with van der Waals surface area (Å²) in [5.74, 6) is -0.0383. The summed E-state index contributed by atoms with van der Waals surface area (Å²) in [5, 5.41) is 12.7. The standard InChI is InChI=1S/C19H13ClN4O3S/c20-13-2-1-3-15(9-13)24-11-21-23-19(24)28-10-17(25)22-14-5-6-16-12(8-14)4-7-18(26)27-16/h1-9,11H,10H2,(H,22,25). The lowest BCUT2D eigenvalue weighted by atomic mass is 10.2. The lowest BCUT2D eigenvalue weighted by Gasteiger charge is -2.08. The molecule has 4 rings (SSSR count). The van der Waals surface area contributed by atoms with Gasteiger partial charge in [0, 0.05) is 22.2 Å². The van der Waals surface area contributed by atoms with Crippen molar-refractivity contribution in [3.63, 3.8) is 0 Å². The van der Waals surface area contributed by atoms with Crippen molar-refractivity contribution in [3.05, 3.63) is 76.4 Å². The van der Waals surface area contributed by atoms with E-state index in [4.69, 9.17) is 16.0 Å². The van der Waals surface area contributed by atoms with Crippen LogP contribution in [-0.2, 0) is 4.79 Å². The Labute approximate surface area is 168 Å². The number of carbonyl (C=O) groups is 1. The molecule has 0 aliphatic rings. The third kappa shape index (κ3) is 4.08. The molecule has 7 nitrogen and oxygen atoms in total. The highest BCUT2D eigenvalue weighted by Crippen LogP contribution is 2.22. The van der Waals surface area contributed by atoms with Gasteiger partial charge in [-0.1, -0.05) is 29.4 Å². The van der Waals surface area contributed by atoms with Gasteiger partial charge in [-0.3, -0.25) is 9.36 Å². The third-order valence-electron chi connectivity index (χ3n) is 3.84. The van der Waals surface area contributed by atoms with Crippen molar-refractivity contribution < 1.29 is 9.21 Å². The molecule has 0 saturated carbocycles. The van der Waals surface area contributed by atoms with Crippen molar-refractivity contribution in [3.8, 4) is 5.69 Å². The zero-order valence-electron chi connectivity index (χ0n) is 14.3. The SMILES string of the molecule is O=C(CSc1nncn1-c1cccc(Cl)c1)Nc1ccc2oc(=O)ccc2c1. The first-order valence-electron chi connectivity index (χ1n) is 8.21. The topological polar surface area (TPSA) is 90.0 Å². The maximum Gasteiger partial charge on any atom is 0.336 e. The summed E-state index contributed by atoms with van der Waals surface area (Å²) in [6, 6.07) is 15.4. The Balaban J connectivity index is 1.44. The number of amides is 1. The highest BCUT2D eigenvalue weighted by Gasteiger charge is 2.11. The number of benzene rings is 2. The minimum Gasteiger partial charge on any atom is -0.423 e. The number of anilines is 1. The van der Waals surface area contributed by atoms with Gasteiger partial charge in [-0.2, -0.15) is 0 Å². The summed E-state index contributed by atoms with van der Waals surface area (Å²) in [6.45, 7) is 0. The molecule has 28 heavy (non-hydrogen) atoms. The number of thioether (sulfide) groups is 1. The molecule has 0 saturated heterocycles. The van der Waals surface area contributed by atoms with Crippen LogP contribution in [-0.4, -0.2) is 26.4 Å². The predicted molar refractivity (Wildman–Crippen MR) is 108 cm³/mol. The van der Waals surface area contributed by atoms with Gasteiger partial charge in [0.25, 0.3) is 0 Å². The van der Waals surface area contributed by atoms with Crippen molar-refractivity contribution in [1.29, 1.82) is 0 Å². The van der Waals surface area contributed by atoms with Gasteiger partial charge in [0.1, 0.15) is 11.9 Å². The number of hydrogen-bond donors (Lipinski definition) is 1. The van der Waals surface area contributed by atoms with Gasteiger partial charge in [0.05, 0.1) is 11.4 Å². The summed E-state index contributed by atoms with van der Waals surface area (Å²) in [5.41, 5.74) is 1.48. The second-order valence-electron chi connectivity index (χ2n) is 5.81. The first kappa shape index (κ1) is 18.3. The third-order valence-corrected chi connectivity index (χ3v) is 5.02. The predicted octanol–water partition coefficient (Wildman–Crippen LogP) is 3.76. The molecule has 0 atom stereocenters. The van der Waals surface area contributed by atoms with Crippen LogP contribution in [0.25, 0.3) is 16.7 Å². The van der Waals surface area contributed by atoms with Crippen LogP contribution in [0, 0.1) is 0 Å². The van der Waals surface area contributed by atoms with Crippen LogP contribution in [0.4, 0.5) is 5.69 Å². The molecule has 140 valence electrons. The molecule has 1 N–H and O–H groups in total. The number of fused-ring (bicyclic) bond motifs is 1. The molecule has 0 fully saturated rings. The van der Waals surface area contributed by atoms with Gasteiger partial charge in [-0.25, -0.2) is 4.79 Å². The van der Waals surface area contributed by atoms with E-state index >= 15 is 0 Å². The van der Waals surface area contributed by atoms with Gasteiger partial charge < -0.3 is 9.73 Å². The number of nitrogens with one attached hydrogen (secondary N) is 1. The number of halogens is 1. The Bertz CT molecular complexity index is 1220. The molecular formula is C19H13ClN4O3S. The molecule has 0 aliphatic heterocycles.